The molecule has 0 unspecified atom stereocenters. The Morgan fingerprint density at radius 3 is 3.14 bits per heavy atom. The molecule has 8 heteroatoms. The molecule has 0 atom stereocenters. The topological polar surface area (TPSA) is 109 Å². The van der Waals surface area contributed by atoms with Gasteiger partial charge in [0.2, 0.25) is 0 Å². The smallest absolute Gasteiger partial charge is 0.355 e. The number of aromatic amines is 1. The van der Waals surface area contributed by atoms with Crippen LogP contribution >= 0.6 is 0 Å². The molecule has 0 amide bonds. The van der Waals surface area contributed by atoms with Crippen molar-refractivity contribution in [1.29, 1.82) is 0 Å². The van der Waals surface area contributed by atoms with Gasteiger partial charge in [0.05, 0.1) is 12.3 Å². The van der Waals surface area contributed by atoms with Crippen LogP contribution in [0.4, 0.5) is 0 Å². The Kier molecular flexibility index (Phi) is 4.63. The van der Waals surface area contributed by atoms with Crippen LogP contribution in [0, 0.1) is 6.92 Å². The molecule has 110 valence electrons. The number of hydrogen-bond acceptors (Lipinski definition) is 4. The predicted molar refractivity (Wildman–Crippen MR) is 76.7 cm³/mol. The van der Waals surface area contributed by atoms with E-state index in [0.717, 1.165) is 16.8 Å². The van der Waals surface area contributed by atoms with Crippen molar-refractivity contribution in [3.8, 4) is 11.3 Å². The van der Waals surface area contributed by atoms with E-state index in [1.165, 1.54) is 0 Å². The van der Waals surface area contributed by atoms with Crippen molar-refractivity contribution in [3.63, 3.8) is 0 Å². The van der Waals surface area contributed by atoms with E-state index in [0.29, 0.717) is 25.4 Å². The second kappa shape index (κ2) is 6.62. The fourth-order valence-corrected chi connectivity index (χ4v) is 2.00. The number of H-pyrrole nitrogens is 1. The lowest BCUT2D eigenvalue weighted by molar-refractivity contribution is 0.0519. The Morgan fingerprint density at radius 1 is 1.62 bits per heavy atom. The molecule has 0 aromatic carbocycles. The first-order valence-electron chi connectivity index (χ1n) is 6.57. The highest BCUT2D eigenvalue weighted by Crippen LogP contribution is 2.24. The maximum Gasteiger partial charge on any atom is 0.355 e. The van der Waals surface area contributed by atoms with E-state index in [1.807, 2.05) is 13.0 Å². The standard InChI is InChI=1S/C13H16N6O2/c1-3-21-13(20)12-9(2)10(8-15-12)11-4-6-19(17-11)7-5-16-18-14/h4,6,8,15H,3,5,7H2,1-2H3. The van der Waals surface area contributed by atoms with Gasteiger partial charge in [-0.05, 0) is 31.0 Å². The van der Waals surface area contributed by atoms with Crippen LogP contribution < -0.4 is 0 Å². The lowest BCUT2D eigenvalue weighted by atomic mass is 10.1. The molecule has 2 aromatic heterocycles. The van der Waals surface area contributed by atoms with Gasteiger partial charge in [0.25, 0.3) is 0 Å². The fraction of sp³-hybridized carbons (Fsp3) is 0.385. The highest BCUT2D eigenvalue weighted by Gasteiger charge is 2.17. The van der Waals surface area contributed by atoms with Crippen molar-refractivity contribution >= 4 is 5.97 Å². The van der Waals surface area contributed by atoms with Gasteiger partial charge in [-0.1, -0.05) is 5.11 Å². The summed E-state index contributed by atoms with van der Waals surface area (Å²) in [6.07, 6.45) is 3.54. The molecular weight excluding hydrogens is 272 g/mol. The molecule has 0 radical (unpaired) electrons. The molecular formula is C13H16N6O2. The van der Waals surface area contributed by atoms with Crippen molar-refractivity contribution in [1.82, 2.24) is 14.8 Å². The molecule has 0 bridgehead atoms. The Balaban J connectivity index is 2.19. The van der Waals surface area contributed by atoms with Crippen LogP contribution in [-0.4, -0.2) is 33.9 Å². The van der Waals surface area contributed by atoms with Crippen LogP contribution in [-0.2, 0) is 11.3 Å². The number of rotatable bonds is 6. The normalized spacial score (nSPS) is 10.2. The molecule has 0 fully saturated rings. The minimum absolute atomic E-state index is 0.334. The van der Waals surface area contributed by atoms with Crippen molar-refractivity contribution in [3.05, 3.63) is 40.2 Å². The van der Waals surface area contributed by atoms with E-state index in [2.05, 4.69) is 20.1 Å². The van der Waals surface area contributed by atoms with E-state index in [4.69, 9.17) is 10.3 Å². The maximum absolute atomic E-state index is 11.8. The summed E-state index contributed by atoms with van der Waals surface area (Å²) in [6.45, 7) is 4.80. The third-order valence-electron chi connectivity index (χ3n) is 3.03. The van der Waals surface area contributed by atoms with Gasteiger partial charge >= 0.3 is 5.97 Å². The van der Waals surface area contributed by atoms with Crippen LogP contribution in [0.15, 0.2) is 23.6 Å². The zero-order valence-corrected chi connectivity index (χ0v) is 11.9. The van der Waals surface area contributed by atoms with E-state index in [1.54, 1.807) is 24.0 Å². The van der Waals surface area contributed by atoms with Gasteiger partial charge in [0.1, 0.15) is 5.69 Å². The predicted octanol–water partition coefficient (Wildman–Crippen LogP) is 2.67. The summed E-state index contributed by atoms with van der Waals surface area (Å²) in [4.78, 5) is 17.4. The van der Waals surface area contributed by atoms with Crippen LogP contribution in [0.3, 0.4) is 0 Å². The number of hydrogen-bond donors (Lipinski definition) is 1. The molecule has 0 aliphatic heterocycles. The molecule has 0 aliphatic rings. The highest BCUT2D eigenvalue weighted by molar-refractivity contribution is 5.91. The molecule has 0 saturated heterocycles. The SMILES string of the molecule is CCOC(=O)c1[nH]cc(-c2ccn(CCN=[N+]=[N-])n2)c1C. The fourth-order valence-electron chi connectivity index (χ4n) is 2.00. The van der Waals surface area contributed by atoms with E-state index < -0.39 is 0 Å². The van der Waals surface area contributed by atoms with Crippen LogP contribution in [0.25, 0.3) is 21.7 Å². The molecule has 1 N–H and O–H groups in total. The molecule has 0 aliphatic carbocycles. The molecule has 21 heavy (non-hydrogen) atoms. The first-order valence-corrected chi connectivity index (χ1v) is 6.57. The van der Waals surface area contributed by atoms with Crippen LogP contribution in [0.1, 0.15) is 23.0 Å². The number of carbonyl (C=O) groups is 1. The third kappa shape index (κ3) is 3.24. The number of carbonyl (C=O) groups excluding carboxylic acids is 1. The summed E-state index contributed by atoms with van der Waals surface area (Å²) in [7, 11) is 0. The van der Waals surface area contributed by atoms with E-state index >= 15 is 0 Å². The van der Waals surface area contributed by atoms with Gasteiger partial charge in [-0.15, -0.1) is 0 Å². The molecule has 8 nitrogen and oxygen atoms in total. The van der Waals surface area contributed by atoms with Gasteiger partial charge in [0, 0.05) is 36.0 Å². The Hall–Kier alpha value is -2.73. The minimum Gasteiger partial charge on any atom is -0.461 e. The van der Waals surface area contributed by atoms with Gasteiger partial charge in [-0.25, -0.2) is 4.79 Å². The molecule has 0 spiro atoms. The second-order valence-electron chi connectivity index (χ2n) is 4.34. The second-order valence-corrected chi connectivity index (χ2v) is 4.34. The summed E-state index contributed by atoms with van der Waals surface area (Å²) in [5.41, 5.74) is 11.1. The number of nitrogens with zero attached hydrogens (tertiary/aromatic N) is 5. The Labute approximate surface area is 121 Å². The summed E-state index contributed by atoms with van der Waals surface area (Å²) in [5, 5.41) is 7.86. The number of nitrogens with one attached hydrogen (secondary N) is 1. The average molecular weight is 288 g/mol. The van der Waals surface area contributed by atoms with Gasteiger partial charge < -0.3 is 9.72 Å². The van der Waals surface area contributed by atoms with E-state index in [9.17, 15) is 4.79 Å². The number of ether oxygens (including phenoxy) is 1. The first kappa shape index (κ1) is 14.7. The van der Waals surface area contributed by atoms with Gasteiger partial charge in [0.15, 0.2) is 0 Å². The van der Waals surface area contributed by atoms with Crippen LogP contribution in [0.5, 0.6) is 0 Å². The molecule has 2 heterocycles. The van der Waals surface area contributed by atoms with E-state index in [-0.39, 0.29) is 5.97 Å². The van der Waals surface area contributed by atoms with Crippen LogP contribution in [0.2, 0.25) is 0 Å². The summed E-state index contributed by atoms with van der Waals surface area (Å²) < 4.78 is 6.68. The Morgan fingerprint density at radius 2 is 2.43 bits per heavy atom. The number of esters is 1. The zero-order chi connectivity index (χ0) is 15.2. The van der Waals surface area contributed by atoms with Crippen molar-refractivity contribution < 1.29 is 9.53 Å². The van der Waals surface area contributed by atoms with Crippen molar-refractivity contribution in [2.45, 2.75) is 20.4 Å². The number of aromatic nitrogens is 3. The first-order chi connectivity index (χ1) is 10.2. The number of azide groups is 1. The van der Waals surface area contributed by atoms with Crippen molar-refractivity contribution in [2.24, 2.45) is 5.11 Å². The lowest BCUT2D eigenvalue weighted by Gasteiger charge is -2.01. The Bertz CT molecular complexity index is 681. The quantitative estimate of drug-likeness (QED) is 0.382. The summed E-state index contributed by atoms with van der Waals surface area (Å²) in [5.74, 6) is -0.371. The molecule has 2 rings (SSSR count). The van der Waals surface area contributed by atoms with Gasteiger partial charge in [-0.2, -0.15) is 5.10 Å². The minimum atomic E-state index is -0.371. The largest absolute Gasteiger partial charge is 0.461 e. The average Bonchev–Trinajstić information content (AvgIpc) is 3.06. The maximum atomic E-state index is 11.8. The molecule has 2 aromatic rings. The third-order valence-corrected chi connectivity index (χ3v) is 3.03. The zero-order valence-electron chi connectivity index (χ0n) is 11.9. The summed E-state index contributed by atoms with van der Waals surface area (Å²) >= 11 is 0. The van der Waals surface area contributed by atoms with Gasteiger partial charge in [-0.3, -0.25) is 4.68 Å². The summed E-state index contributed by atoms with van der Waals surface area (Å²) in [6, 6.07) is 1.85. The highest BCUT2D eigenvalue weighted by atomic mass is 16.5. The molecule has 0 saturated carbocycles. The monoisotopic (exact) mass is 288 g/mol. The lowest BCUT2D eigenvalue weighted by Crippen LogP contribution is -2.06. The van der Waals surface area contributed by atoms with Crippen molar-refractivity contribution in [2.75, 3.05) is 13.2 Å².